The highest BCUT2D eigenvalue weighted by atomic mass is 32.1. The number of carbonyl (C=O) groups is 1. The fourth-order valence-corrected chi connectivity index (χ4v) is 5.57. The molecule has 1 saturated carbocycles. The van der Waals surface area contributed by atoms with Gasteiger partial charge in [-0.1, -0.05) is 25.7 Å². The first kappa shape index (κ1) is 18.7. The van der Waals surface area contributed by atoms with E-state index in [-0.39, 0.29) is 5.91 Å². The molecule has 27 heavy (non-hydrogen) atoms. The van der Waals surface area contributed by atoms with Crippen molar-refractivity contribution in [1.82, 2.24) is 15.3 Å². The normalized spacial score (nSPS) is 19.3. The summed E-state index contributed by atoms with van der Waals surface area (Å²) in [6.07, 6.45) is 11.0. The predicted molar refractivity (Wildman–Crippen MR) is 112 cm³/mol. The number of nitrogens with zero attached hydrogens (tertiary/aromatic N) is 3. The molecule has 0 spiro atoms. The van der Waals surface area contributed by atoms with Gasteiger partial charge in [0.05, 0.1) is 10.3 Å². The van der Waals surface area contributed by atoms with Crippen molar-refractivity contribution in [3.63, 3.8) is 0 Å². The van der Waals surface area contributed by atoms with E-state index in [0.717, 1.165) is 58.2 Å². The number of rotatable bonds is 3. The number of aromatic nitrogens is 2. The van der Waals surface area contributed by atoms with Crippen LogP contribution >= 0.6 is 11.3 Å². The number of anilines is 1. The molecule has 146 valence electrons. The number of fused-ring (bicyclic) bond motifs is 1. The molecule has 2 aromatic heterocycles. The van der Waals surface area contributed by atoms with Gasteiger partial charge in [-0.2, -0.15) is 0 Å². The topological polar surface area (TPSA) is 58.1 Å². The number of hydrogen-bond donors (Lipinski definition) is 1. The zero-order valence-electron chi connectivity index (χ0n) is 16.5. The Labute approximate surface area is 165 Å². The van der Waals surface area contributed by atoms with Gasteiger partial charge in [0, 0.05) is 19.1 Å². The lowest BCUT2D eigenvalue weighted by atomic mass is 10.1. The molecule has 1 N–H and O–H groups in total. The van der Waals surface area contributed by atoms with Crippen LogP contribution in [-0.2, 0) is 0 Å². The van der Waals surface area contributed by atoms with Gasteiger partial charge < -0.3 is 10.2 Å². The molecule has 1 aliphatic heterocycles. The number of aryl methyl sites for hydroxylation is 2. The zero-order chi connectivity index (χ0) is 18.8. The van der Waals surface area contributed by atoms with Gasteiger partial charge >= 0.3 is 0 Å². The highest BCUT2D eigenvalue weighted by molar-refractivity contribution is 7.20. The summed E-state index contributed by atoms with van der Waals surface area (Å²) in [5, 5.41) is 4.38. The molecule has 0 unspecified atom stereocenters. The van der Waals surface area contributed by atoms with Gasteiger partial charge in [-0.15, -0.1) is 11.3 Å². The molecule has 1 amide bonds. The molecular formula is C21H30N4OS. The summed E-state index contributed by atoms with van der Waals surface area (Å²) in [4.78, 5) is 26.6. The maximum atomic E-state index is 13.0. The highest BCUT2D eigenvalue weighted by Crippen LogP contribution is 2.36. The first-order chi connectivity index (χ1) is 13.1. The molecule has 4 rings (SSSR count). The van der Waals surface area contributed by atoms with E-state index in [2.05, 4.69) is 22.1 Å². The van der Waals surface area contributed by atoms with E-state index >= 15 is 0 Å². The predicted octanol–water partition coefficient (Wildman–Crippen LogP) is 4.75. The highest BCUT2D eigenvalue weighted by Gasteiger charge is 2.25. The quantitative estimate of drug-likeness (QED) is 0.773. The Morgan fingerprint density at radius 2 is 1.67 bits per heavy atom. The molecule has 0 bridgehead atoms. The average Bonchev–Trinajstić information content (AvgIpc) is 2.84. The van der Waals surface area contributed by atoms with Crippen molar-refractivity contribution in [3.8, 4) is 0 Å². The first-order valence-corrected chi connectivity index (χ1v) is 11.3. The van der Waals surface area contributed by atoms with Crippen molar-refractivity contribution < 1.29 is 4.79 Å². The molecule has 2 aromatic rings. The number of piperidine rings is 1. The molecule has 2 fully saturated rings. The Hall–Kier alpha value is -1.69. The Morgan fingerprint density at radius 1 is 1.00 bits per heavy atom. The number of amides is 1. The van der Waals surface area contributed by atoms with E-state index in [4.69, 9.17) is 4.98 Å². The maximum Gasteiger partial charge on any atom is 0.261 e. The van der Waals surface area contributed by atoms with Gasteiger partial charge in [0.2, 0.25) is 0 Å². The van der Waals surface area contributed by atoms with Crippen LogP contribution < -0.4 is 10.2 Å². The molecule has 6 heteroatoms. The van der Waals surface area contributed by atoms with Crippen molar-refractivity contribution in [2.45, 2.75) is 77.7 Å². The van der Waals surface area contributed by atoms with Crippen molar-refractivity contribution in [2.24, 2.45) is 0 Å². The minimum absolute atomic E-state index is 0.0737. The standard InChI is InChI=1S/C21H30N4OS/c1-14-17-19(25-12-8-5-9-13-25)22-15(2)23-21(17)27-18(14)20(26)24-16-10-6-3-4-7-11-16/h16H,3-13H2,1-2H3,(H,24,26). The number of thiophene rings is 1. The summed E-state index contributed by atoms with van der Waals surface area (Å²) < 4.78 is 0. The zero-order valence-corrected chi connectivity index (χ0v) is 17.3. The van der Waals surface area contributed by atoms with E-state index in [9.17, 15) is 4.79 Å². The van der Waals surface area contributed by atoms with Crippen LogP contribution in [0.4, 0.5) is 5.82 Å². The number of hydrogen-bond acceptors (Lipinski definition) is 5. The van der Waals surface area contributed by atoms with Crippen LogP contribution in [0.3, 0.4) is 0 Å². The monoisotopic (exact) mass is 386 g/mol. The van der Waals surface area contributed by atoms with E-state index in [0.29, 0.717) is 6.04 Å². The lowest BCUT2D eigenvalue weighted by Crippen LogP contribution is -2.34. The molecule has 5 nitrogen and oxygen atoms in total. The van der Waals surface area contributed by atoms with E-state index in [1.165, 1.54) is 56.3 Å². The molecule has 3 heterocycles. The second-order valence-electron chi connectivity index (χ2n) is 8.04. The van der Waals surface area contributed by atoms with Crippen LogP contribution in [0.15, 0.2) is 0 Å². The Bertz CT molecular complexity index is 817. The summed E-state index contributed by atoms with van der Waals surface area (Å²) in [6.45, 7) is 6.11. The molecule has 1 aliphatic carbocycles. The van der Waals surface area contributed by atoms with E-state index in [1.54, 1.807) is 0 Å². The Morgan fingerprint density at radius 3 is 2.37 bits per heavy atom. The van der Waals surface area contributed by atoms with Crippen LogP contribution in [-0.4, -0.2) is 35.0 Å². The third-order valence-corrected chi connectivity index (χ3v) is 7.12. The van der Waals surface area contributed by atoms with E-state index in [1.807, 2.05) is 6.92 Å². The third-order valence-electron chi connectivity index (χ3n) is 5.94. The summed E-state index contributed by atoms with van der Waals surface area (Å²) in [7, 11) is 0. The Balaban J connectivity index is 1.65. The van der Waals surface area contributed by atoms with Gasteiger partial charge in [-0.25, -0.2) is 9.97 Å². The van der Waals surface area contributed by atoms with Gasteiger partial charge in [0.15, 0.2) is 0 Å². The van der Waals surface area contributed by atoms with Crippen molar-refractivity contribution >= 4 is 33.3 Å². The third kappa shape index (κ3) is 3.96. The van der Waals surface area contributed by atoms with Crippen molar-refractivity contribution in [2.75, 3.05) is 18.0 Å². The second kappa shape index (κ2) is 8.13. The van der Waals surface area contributed by atoms with Gasteiger partial charge in [-0.05, 0) is 51.5 Å². The molecule has 0 atom stereocenters. The van der Waals surface area contributed by atoms with E-state index < -0.39 is 0 Å². The molecule has 0 radical (unpaired) electrons. The SMILES string of the molecule is Cc1nc(N2CCCCC2)c2c(C)c(C(=O)NC3CCCCCC3)sc2n1. The van der Waals surface area contributed by atoms with Crippen LogP contribution in [0.1, 0.15) is 78.8 Å². The smallest absolute Gasteiger partial charge is 0.261 e. The number of carbonyl (C=O) groups excluding carboxylic acids is 1. The molecular weight excluding hydrogens is 356 g/mol. The summed E-state index contributed by atoms with van der Waals surface area (Å²) in [5.41, 5.74) is 1.04. The lowest BCUT2D eigenvalue weighted by Gasteiger charge is -2.28. The number of nitrogens with one attached hydrogen (secondary N) is 1. The lowest BCUT2D eigenvalue weighted by molar-refractivity contribution is 0.0937. The van der Waals surface area contributed by atoms with Gasteiger partial charge in [0.1, 0.15) is 16.5 Å². The van der Waals surface area contributed by atoms with Gasteiger partial charge in [0.25, 0.3) is 5.91 Å². The maximum absolute atomic E-state index is 13.0. The summed E-state index contributed by atoms with van der Waals surface area (Å²) in [5.74, 6) is 1.89. The largest absolute Gasteiger partial charge is 0.356 e. The Kier molecular flexibility index (Phi) is 5.62. The minimum Gasteiger partial charge on any atom is -0.356 e. The fraction of sp³-hybridized carbons (Fsp3) is 0.667. The van der Waals surface area contributed by atoms with Gasteiger partial charge in [-0.3, -0.25) is 4.79 Å². The molecule has 0 aromatic carbocycles. The van der Waals surface area contributed by atoms with Crippen molar-refractivity contribution in [1.29, 1.82) is 0 Å². The second-order valence-corrected chi connectivity index (χ2v) is 9.04. The summed E-state index contributed by atoms with van der Waals surface area (Å²) in [6, 6.07) is 0.319. The van der Waals surface area contributed by atoms with Crippen molar-refractivity contribution in [3.05, 3.63) is 16.3 Å². The molecule has 1 saturated heterocycles. The first-order valence-electron chi connectivity index (χ1n) is 10.5. The van der Waals surface area contributed by atoms with Crippen LogP contribution in [0.25, 0.3) is 10.2 Å². The summed E-state index contributed by atoms with van der Waals surface area (Å²) >= 11 is 1.53. The van der Waals surface area contributed by atoms with Crippen LogP contribution in [0.2, 0.25) is 0 Å². The average molecular weight is 387 g/mol. The fourth-order valence-electron chi connectivity index (χ4n) is 4.45. The minimum atomic E-state index is 0.0737. The van der Waals surface area contributed by atoms with Crippen LogP contribution in [0, 0.1) is 13.8 Å². The molecule has 2 aliphatic rings. The van der Waals surface area contributed by atoms with Crippen LogP contribution in [0.5, 0.6) is 0 Å².